The van der Waals surface area contributed by atoms with Crippen LogP contribution in [0.1, 0.15) is 12.8 Å². The molecule has 2 unspecified atom stereocenters. The fraction of sp³-hybridized carbons (Fsp3) is 0.857. The number of esters is 1. The smallest absolute Gasteiger partial charge is 0.343 e. The van der Waals surface area contributed by atoms with Crippen LogP contribution in [-0.2, 0) is 9.53 Å². The van der Waals surface area contributed by atoms with E-state index in [0.29, 0.717) is 0 Å². The normalized spacial score (nSPS) is 22.5. The van der Waals surface area contributed by atoms with Crippen molar-refractivity contribution in [3.8, 4) is 0 Å². The molecule has 4 heteroatoms. The zero-order valence-corrected chi connectivity index (χ0v) is 6.29. The van der Waals surface area contributed by atoms with E-state index in [1.807, 2.05) is 0 Å². The molecule has 2 atom stereocenters. The monoisotopic (exact) mass is 162 g/mol. The second-order valence-corrected chi connectivity index (χ2v) is 2.75. The molecule has 0 saturated heterocycles. The largest absolute Gasteiger partial charge is 0.467 e. The molecule has 11 heavy (non-hydrogen) atoms. The predicted molar refractivity (Wildman–Crippen MR) is 35.6 cm³/mol. The van der Waals surface area contributed by atoms with Crippen LogP contribution in [0.4, 0.5) is 4.39 Å². The lowest BCUT2D eigenvalue weighted by molar-refractivity contribution is -0.151. The molecule has 0 spiro atoms. The van der Waals surface area contributed by atoms with Crippen LogP contribution in [0.2, 0.25) is 0 Å². The van der Waals surface area contributed by atoms with E-state index in [9.17, 15) is 9.18 Å². The van der Waals surface area contributed by atoms with Gasteiger partial charge in [-0.1, -0.05) is 0 Å². The predicted octanol–water partition coefficient (Wildman–Crippen LogP) is 0.268. The summed E-state index contributed by atoms with van der Waals surface area (Å²) in [5.41, 5.74) is 0. The Morgan fingerprint density at radius 2 is 2.27 bits per heavy atom. The van der Waals surface area contributed by atoms with Gasteiger partial charge in [-0.15, -0.1) is 0 Å². The van der Waals surface area contributed by atoms with Crippen LogP contribution in [0.25, 0.3) is 0 Å². The van der Waals surface area contributed by atoms with Crippen LogP contribution in [-0.4, -0.2) is 30.5 Å². The Labute approximate surface area is 64.2 Å². The minimum absolute atomic E-state index is 0.0379. The molecule has 1 N–H and O–H groups in total. The standard InChI is InChI=1S/C7H11FO3/c1-11-7(10)5(8)6(9)4-2-3-4/h4-6,9H,2-3H2,1H3. The summed E-state index contributed by atoms with van der Waals surface area (Å²) in [6, 6.07) is 0. The van der Waals surface area contributed by atoms with Crippen molar-refractivity contribution in [2.75, 3.05) is 7.11 Å². The van der Waals surface area contributed by atoms with E-state index in [0.717, 1.165) is 20.0 Å². The van der Waals surface area contributed by atoms with Crippen LogP contribution in [0.5, 0.6) is 0 Å². The first-order valence-corrected chi connectivity index (χ1v) is 3.56. The summed E-state index contributed by atoms with van der Waals surface area (Å²) in [6.07, 6.45) is -1.42. The summed E-state index contributed by atoms with van der Waals surface area (Å²) in [5, 5.41) is 9.08. The second-order valence-electron chi connectivity index (χ2n) is 2.75. The van der Waals surface area contributed by atoms with Crippen molar-refractivity contribution in [1.29, 1.82) is 0 Å². The summed E-state index contributed by atoms with van der Waals surface area (Å²) < 4.78 is 16.9. The van der Waals surface area contributed by atoms with Gasteiger partial charge in [0.05, 0.1) is 13.2 Å². The van der Waals surface area contributed by atoms with Gasteiger partial charge in [0, 0.05) is 0 Å². The third-order valence-electron chi connectivity index (χ3n) is 1.83. The number of carbonyl (C=O) groups excluding carboxylic acids is 1. The number of hydrogen-bond donors (Lipinski definition) is 1. The summed E-state index contributed by atoms with van der Waals surface area (Å²) in [4.78, 5) is 10.5. The Hall–Kier alpha value is -0.640. The van der Waals surface area contributed by atoms with E-state index >= 15 is 0 Å². The summed E-state index contributed by atoms with van der Waals surface area (Å²) in [6.45, 7) is 0. The molecule has 0 aromatic rings. The molecular weight excluding hydrogens is 151 g/mol. The first-order chi connectivity index (χ1) is 5.16. The van der Waals surface area contributed by atoms with Crippen molar-refractivity contribution in [1.82, 2.24) is 0 Å². The minimum Gasteiger partial charge on any atom is -0.467 e. The van der Waals surface area contributed by atoms with E-state index < -0.39 is 18.2 Å². The Morgan fingerprint density at radius 1 is 1.73 bits per heavy atom. The van der Waals surface area contributed by atoms with E-state index in [4.69, 9.17) is 5.11 Å². The third-order valence-corrected chi connectivity index (χ3v) is 1.83. The number of alkyl halides is 1. The molecule has 0 aliphatic heterocycles. The maximum absolute atomic E-state index is 12.8. The first-order valence-electron chi connectivity index (χ1n) is 3.56. The summed E-state index contributed by atoms with van der Waals surface area (Å²) >= 11 is 0. The molecule has 1 fully saturated rings. The minimum atomic E-state index is -1.87. The maximum Gasteiger partial charge on any atom is 0.343 e. The Morgan fingerprint density at radius 3 is 2.64 bits per heavy atom. The molecule has 1 saturated carbocycles. The number of rotatable bonds is 3. The fourth-order valence-electron chi connectivity index (χ4n) is 0.929. The van der Waals surface area contributed by atoms with Gasteiger partial charge in [-0.25, -0.2) is 9.18 Å². The van der Waals surface area contributed by atoms with Crippen molar-refractivity contribution >= 4 is 5.97 Å². The van der Waals surface area contributed by atoms with E-state index in [2.05, 4.69) is 4.74 Å². The Bertz CT molecular complexity index is 156. The maximum atomic E-state index is 12.8. The van der Waals surface area contributed by atoms with Crippen molar-refractivity contribution in [3.05, 3.63) is 0 Å². The molecule has 0 radical (unpaired) electrons. The molecule has 1 aliphatic carbocycles. The van der Waals surface area contributed by atoms with Crippen LogP contribution in [0, 0.1) is 5.92 Å². The van der Waals surface area contributed by atoms with Gasteiger partial charge < -0.3 is 9.84 Å². The lowest BCUT2D eigenvalue weighted by atomic mass is 10.1. The number of ether oxygens (including phenoxy) is 1. The van der Waals surface area contributed by atoms with Gasteiger partial charge in [-0.3, -0.25) is 0 Å². The number of hydrogen-bond acceptors (Lipinski definition) is 3. The fourth-order valence-corrected chi connectivity index (χ4v) is 0.929. The number of aliphatic hydroxyl groups excluding tert-OH is 1. The number of carbonyl (C=O) groups is 1. The van der Waals surface area contributed by atoms with Gasteiger partial charge in [0.25, 0.3) is 0 Å². The highest BCUT2D eigenvalue weighted by Gasteiger charge is 2.39. The molecule has 64 valence electrons. The van der Waals surface area contributed by atoms with Gasteiger partial charge in [0.1, 0.15) is 0 Å². The quantitative estimate of drug-likeness (QED) is 0.606. The molecule has 0 bridgehead atoms. The zero-order chi connectivity index (χ0) is 8.43. The first kappa shape index (κ1) is 8.46. The van der Waals surface area contributed by atoms with Gasteiger partial charge in [-0.2, -0.15) is 0 Å². The van der Waals surface area contributed by atoms with Gasteiger partial charge >= 0.3 is 5.97 Å². The topological polar surface area (TPSA) is 46.5 Å². The molecule has 0 aromatic heterocycles. The summed E-state index contributed by atoms with van der Waals surface area (Å²) in [5.74, 6) is -1.02. The van der Waals surface area contributed by atoms with Gasteiger partial charge in [0.15, 0.2) is 0 Å². The molecule has 1 aliphatic rings. The van der Waals surface area contributed by atoms with Gasteiger partial charge in [-0.05, 0) is 18.8 Å². The molecule has 3 nitrogen and oxygen atoms in total. The van der Waals surface area contributed by atoms with Crippen molar-refractivity contribution < 1.29 is 19.0 Å². The number of methoxy groups -OCH3 is 1. The van der Waals surface area contributed by atoms with Crippen LogP contribution in [0.3, 0.4) is 0 Å². The van der Waals surface area contributed by atoms with Crippen molar-refractivity contribution in [2.45, 2.75) is 25.1 Å². The van der Waals surface area contributed by atoms with E-state index in [1.165, 1.54) is 0 Å². The Kier molecular flexibility index (Phi) is 2.44. The van der Waals surface area contributed by atoms with E-state index in [-0.39, 0.29) is 5.92 Å². The average Bonchev–Trinajstić information content (AvgIpc) is 2.82. The molecular formula is C7H11FO3. The highest BCUT2D eigenvalue weighted by molar-refractivity contribution is 5.75. The average molecular weight is 162 g/mol. The molecule has 0 heterocycles. The second kappa shape index (κ2) is 3.17. The van der Waals surface area contributed by atoms with Crippen molar-refractivity contribution in [2.24, 2.45) is 5.92 Å². The lowest BCUT2D eigenvalue weighted by Crippen LogP contribution is -2.32. The molecule has 0 amide bonds. The van der Waals surface area contributed by atoms with E-state index in [1.54, 1.807) is 0 Å². The van der Waals surface area contributed by atoms with Gasteiger partial charge in [0.2, 0.25) is 6.17 Å². The number of halogens is 1. The Balaban J connectivity index is 2.38. The van der Waals surface area contributed by atoms with Crippen LogP contribution in [0.15, 0.2) is 0 Å². The zero-order valence-electron chi connectivity index (χ0n) is 6.29. The molecule has 1 rings (SSSR count). The lowest BCUT2D eigenvalue weighted by Gasteiger charge is -2.11. The van der Waals surface area contributed by atoms with Crippen LogP contribution >= 0.6 is 0 Å². The third kappa shape index (κ3) is 1.89. The highest BCUT2D eigenvalue weighted by atomic mass is 19.1. The van der Waals surface area contributed by atoms with Crippen molar-refractivity contribution in [3.63, 3.8) is 0 Å². The summed E-state index contributed by atoms with van der Waals surface area (Å²) in [7, 11) is 1.11. The highest BCUT2D eigenvalue weighted by Crippen LogP contribution is 2.34. The SMILES string of the molecule is COC(=O)C(F)C(O)C1CC1. The molecule has 0 aromatic carbocycles. The van der Waals surface area contributed by atoms with Crippen LogP contribution < -0.4 is 0 Å². The number of aliphatic hydroxyl groups is 1.